The van der Waals surface area contributed by atoms with E-state index < -0.39 is 0 Å². The SMILES string of the molecule is CCNc1cncc(NC2(CO)CCOCC2)c1. The van der Waals surface area contributed by atoms with Crippen molar-refractivity contribution < 1.29 is 9.84 Å². The van der Waals surface area contributed by atoms with Gasteiger partial charge in [-0.3, -0.25) is 4.98 Å². The third-order valence-corrected chi connectivity index (χ3v) is 3.28. The van der Waals surface area contributed by atoms with Crippen LogP contribution in [0.4, 0.5) is 11.4 Å². The van der Waals surface area contributed by atoms with Crippen LogP contribution in [0.3, 0.4) is 0 Å². The van der Waals surface area contributed by atoms with Gasteiger partial charge in [0, 0.05) is 19.8 Å². The van der Waals surface area contributed by atoms with Crippen molar-refractivity contribution in [3.05, 3.63) is 18.5 Å². The summed E-state index contributed by atoms with van der Waals surface area (Å²) in [5.74, 6) is 0. The first kappa shape index (κ1) is 13.1. The molecule has 5 heteroatoms. The van der Waals surface area contributed by atoms with Crippen molar-refractivity contribution in [3.8, 4) is 0 Å². The Balaban J connectivity index is 2.08. The fourth-order valence-electron chi connectivity index (χ4n) is 2.20. The molecule has 1 aliphatic heterocycles. The number of aliphatic hydroxyl groups excluding tert-OH is 1. The van der Waals surface area contributed by atoms with Crippen molar-refractivity contribution in [3.63, 3.8) is 0 Å². The normalized spacial score (nSPS) is 18.3. The number of pyridine rings is 1. The topological polar surface area (TPSA) is 66.4 Å². The molecule has 0 spiro atoms. The summed E-state index contributed by atoms with van der Waals surface area (Å²) in [7, 11) is 0. The van der Waals surface area contributed by atoms with E-state index >= 15 is 0 Å². The summed E-state index contributed by atoms with van der Waals surface area (Å²) in [6.45, 7) is 4.40. The van der Waals surface area contributed by atoms with Gasteiger partial charge in [0.1, 0.15) is 0 Å². The number of rotatable bonds is 5. The largest absolute Gasteiger partial charge is 0.394 e. The minimum Gasteiger partial charge on any atom is -0.394 e. The van der Waals surface area contributed by atoms with Crippen molar-refractivity contribution >= 4 is 11.4 Å². The Labute approximate surface area is 108 Å². The van der Waals surface area contributed by atoms with E-state index in [1.807, 2.05) is 13.0 Å². The number of nitrogens with one attached hydrogen (secondary N) is 2. The number of ether oxygens (including phenoxy) is 1. The Morgan fingerprint density at radius 3 is 2.72 bits per heavy atom. The number of aliphatic hydroxyl groups is 1. The number of hydrogen-bond donors (Lipinski definition) is 3. The zero-order chi connectivity index (χ0) is 12.8. The predicted octanol–water partition coefficient (Wildman–Crippen LogP) is 1.47. The molecule has 0 aromatic carbocycles. The van der Waals surface area contributed by atoms with E-state index in [-0.39, 0.29) is 12.1 Å². The molecule has 1 aromatic rings. The summed E-state index contributed by atoms with van der Waals surface area (Å²) in [6.07, 6.45) is 5.21. The molecule has 2 heterocycles. The molecule has 3 N–H and O–H groups in total. The zero-order valence-electron chi connectivity index (χ0n) is 10.8. The van der Waals surface area contributed by atoms with Crippen LogP contribution in [0.5, 0.6) is 0 Å². The van der Waals surface area contributed by atoms with E-state index in [0.717, 1.165) is 30.8 Å². The van der Waals surface area contributed by atoms with Crippen molar-refractivity contribution in [1.29, 1.82) is 0 Å². The Hall–Kier alpha value is -1.33. The molecular weight excluding hydrogens is 230 g/mol. The monoisotopic (exact) mass is 251 g/mol. The van der Waals surface area contributed by atoms with Gasteiger partial charge in [0.15, 0.2) is 0 Å². The van der Waals surface area contributed by atoms with Gasteiger partial charge in [-0.2, -0.15) is 0 Å². The van der Waals surface area contributed by atoms with Gasteiger partial charge in [-0.15, -0.1) is 0 Å². The molecule has 0 amide bonds. The fourth-order valence-corrected chi connectivity index (χ4v) is 2.20. The molecule has 18 heavy (non-hydrogen) atoms. The quantitative estimate of drug-likeness (QED) is 0.739. The third kappa shape index (κ3) is 3.11. The lowest BCUT2D eigenvalue weighted by atomic mass is 9.91. The maximum atomic E-state index is 9.62. The van der Waals surface area contributed by atoms with E-state index in [9.17, 15) is 5.11 Å². The molecule has 0 unspecified atom stereocenters. The molecule has 5 nitrogen and oxygen atoms in total. The van der Waals surface area contributed by atoms with Crippen LogP contribution in [0, 0.1) is 0 Å². The van der Waals surface area contributed by atoms with Gasteiger partial charge in [-0.05, 0) is 25.8 Å². The summed E-state index contributed by atoms with van der Waals surface area (Å²) < 4.78 is 5.35. The summed E-state index contributed by atoms with van der Waals surface area (Å²) in [5.41, 5.74) is 1.65. The predicted molar refractivity (Wildman–Crippen MR) is 71.9 cm³/mol. The first-order valence-corrected chi connectivity index (χ1v) is 6.44. The molecule has 1 aromatic heterocycles. The van der Waals surface area contributed by atoms with Gasteiger partial charge >= 0.3 is 0 Å². The van der Waals surface area contributed by atoms with Crippen LogP contribution in [0.15, 0.2) is 18.5 Å². The molecule has 0 bridgehead atoms. The van der Waals surface area contributed by atoms with E-state index in [4.69, 9.17) is 4.74 Å². The molecule has 0 radical (unpaired) electrons. The van der Waals surface area contributed by atoms with Crippen molar-refractivity contribution in [1.82, 2.24) is 4.98 Å². The second kappa shape index (κ2) is 6.02. The molecule has 100 valence electrons. The van der Waals surface area contributed by atoms with Crippen LogP contribution in [0.1, 0.15) is 19.8 Å². The van der Waals surface area contributed by atoms with E-state index in [2.05, 4.69) is 15.6 Å². The Morgan fingerprint density at radius 1 is 1.33 bits per heavy atom. The summed E-state index contributed by atoms with van der Waals surface area (Å²) >= 11 is 0. The van der Waals surface area contributed by atoms with E-state index in [1.165, 1.54) is 0 Å². The standard InChI is InChI=1S/C13H21N3O2/c1-2-15-11-7-12(9-14-8-11)16-13(10-17)3-5-18-6-4-13/h7-9,15-17H,2-6,10H2,1H3. The Morgan fingerprint density at radius 2 is 2.06 bits per heavy atom. The molecule has 1 saturated heterocycles. The molecule has 1 aliphatic rings. The van der Waals surface area contributed by atoms with Gasteiger partial charge < -0.3 is 20.5 Å². The smallest absolute Gasteiger partial charge is 0.0663 e. The molecule has 1 fully saturated rings. The highest BCUT2D eigenvalue weighted by atomic mass is 16.5. The summed E-state index contributed by atoms with van der Waals surface area (Å²) in [6, 6.07) is 2.02. The number of anilines is 2. The van der Waals surface area contributed by atoms with Crippen LogP contribution in [0.25, 0.3) is 0 Å². The van der Waals surface area contributed by atoms with Crippen LogP contribution in [-0.2, 0) is 4.74 Å². The van der Waals surface area contributed by atoms with Gasteiger partial charge in [-0.25, -0.2) is 0 Å². The van der Waals surface area contributed by atoms with Gasteiger partial charge in [0.05, 0.1) is 35.9 Å². The maximum Gasteiger partial charge on any atom is 0.0663 e. The molecule has 2 rings (SSSR count). The average Bonchev–Trinajstić information content (AvgIpc) is 2.41. The lowest BCUT2D eigenvalue weighted by Crippen LogP contribution is -2.46. The summed E-state index contributed by atoms with van der Waals surface area (Å²) in [4.78, 5) is 4.20. The van der Waals surface area contributed by atoms with Gasteiger partial charge in [-0.1, -0.05) is 0 Å². The summed E-state index contributed by atoms with van der Waals surface area (Å²) in [5, 5.41) is 16.3. The van der Waals surface area contributed by atoms with Gasteiger partial charge in [0.2, 0.25) is 0 Å². The van der Waals surface area contributed by atoms with Crippen LogP contribution in [-0.4, -0.2) is 42.0 Å². The second-order valence-electron chi connectivity index (χ2n) is 4.67. The molecule has 0 aliphatic carbocycles. The van der Waals surface area contributed by atoms with Crippen LogP contribution < -0.4 is 10.6 Å². The average molecular weight is 251 g/mol. The number of aromatic nitrogens is 1. The van der Waals surface area contributed by atoms with Crippen LogP contribution >= 0.6 is 0 Å². The molecular formula is C13H21N3O2. The fraction of sp³-hybridized carbons (Fsp3) is 0.615. The molecule has 0 saturated carbocycles. The minimum absolute atomic E-state index is 0.113. The van der Waals surface area contributed by atoms with Crippen LogP contribution in [0.2, 0.25) is 0 Å². The van der Waals surface area contributed by atoms with Crippen molar-refractivity contribution in [2.45, 2.75) is 25.3 Å². The number of hydrogen-bond acceptors (Lipinski definition) is 5. The second-order valence-corrected chi connectivity index (χ2v) is 4.67. The van der Waals surface area contributed by atoms with E-state index in [0.29, 0.717) is 13.2 Å². The first-order chi connectivity index (χ1) is 8.78. The van der Waals surface area contributed by atoms with Crippen molar-refractivity contribution in [2.24, 2.45) is 0 Å². The Kier molecular flexibility index (Phi) is 4.38. The first-order valence-electron chi connectivity index (χ1n) is 6.44. The number of nitrogens with zero attached hydrogens (tertiary/aromatic N) is 1. The zero-order valence-corrected chi connectivity index (χ0v) is 10.8. The highest BCUT2D eigenvalue weighted by molar-refractivity contribution is 5.55. The highest BCUT2D eigenvalue weighted by Crippen LogP contribution is 2.26. The lowest BCUT2D eigenvalue weighted by molar-refractivity contribution is 0.0380. The van der Waals surface area contributed by atoms with E-state index in [1.54, 1.807) is 12.4 Å². The maximum absolute atomic E-state index is 9.62. The van der Waals surface area contributed by atoms with Crippen molar-refractivity contribution in [2.75, 3.05) is 37.0 Å². The van der Waals surface area contributed by atoms with Gasteiger partial charge in [0.25, 0.3) is 0 Å². The molecule has 0 atom stereocenters. The highest BCUT2D eigenvalue weighted by Gasteiger charge is 2.31. The third-order valence-electron chi connectivity index (χ3n) is 3.28. The minimum atomic E-state index is -0.273. The Bertz CT molecular complexity index is 378. The lowest BCUT2D eigenvalue weighted by Gasteiger charge is -2.37.